The van der Waals surface area contributed by atoms with Crippen LogP contribution < -0.4 is 11.1 Å². The lowest BCUT2D eigenvalue weighted by atomic mass is 9.68. The Balaban J connectivity index is 1.65. The minimum Gasteiger partial charge on any atom is -0.446 e. The molecular weight excluding hydrogens is 276 g/mol. The number of unbranched alkanes of at least 4 members (excludes halogenated alkanes) is 3. The molecule has 0 heterocycles. The van der Waals surface area contributed by atoms with E-state index in [0.717, 1.165) is 57.9 Å². The lowest BCUT2D eigenvalue weighted by Crippen LogP contribution is -2.35. The van der Waals surface area contributed by atoms with E-state index < -0.39 is 0 Å². The highest BCUT2D eigenvalue weighted by Gasteiger charge is 2.35. The Hall–Kier alpha value is -1.29. The zero-order valence-electron chi connectivity index (χ0n) is 13.8. The Kier molecular flexibility index (Phi) is 6.49. The molecule has 1 amide bonds. The molecule has 2 rings (SSSR count). The maximum Gasteiger partial charge on any atom is 0.407 e. The number of carbonyl (C=O) groups is 1. The van der Waals surface area contributed by atoms with Gasteiger partial charge in [-0.3, -0.25) is 0 Å². The standard InChI is InChI=1S/C18H30N2O2/c1-18-10-5-4-8-15(18)14-16(9-11-18)22-17(21)20-13-7-3-2-6-12-19/h5,8,10,16H,2-4,6-7,9,11-14,19H2,1H3,(H,20,21). The van der Waals surface area contributed by atoms with Crippen LogP contribution in [0.2, 0.25) is 0 Å². The second-order valence-electron chi connectivity index (χ2n) is 6.68. The highest BCUT2D eigenvalue weighted by atomic mass is 16.6. The van der Waals surface area contributed by atoms with E-state index in [1.165, 1.54) is 5.57 Å². The summed E-state index contributed by atoms with van der Waals surface area (Å²) in [4.78, 5) is 11.9. The fourth-order valence-corrected chi connectivity index (χ4v) is 3.35. The van der Waals surface area contributed by atoms with Crippen LogP contribution in [0.1, 0.15) is 58.3 Å². The van der Waals surface area contributed by atoms with Gasteiger partial charge in [-0.25, -0.2) is 4.79 Å². The van der Waals surface area contributed by atoms with E-state index in [0.29, 0.717) is 6.54 Å². The summed E-state index contributed by atoms with van der Waals surface area (Å²) >= 11 is 0. The zero-order chi connectivity index (χ0) is 15.8. The minimum absolute atomic E-state index is 0.0306. The quantitative estimate of drug-likeness (QED) is 0.557. The molecule has 1 saturated carbocycles. The maximum absolute atomic E-state index is 11.9. The molecule has 0 aromatic rings. The smallest absolute Gasteiger partial charge is 0.407 e. The van der Waals surface area contributed by atoms with Gasteiger partial charge < -0.3 is 15.8 Å². The summed E-state index contributed by atoms with van der Waals surface area (Å²) in [7, 11) is 0. The van der Waals surface area contributed by atoms with Crippen LogP contribution in [0, 0.1) is 5.41 Å². The van der Waals surface area contributed by atoms with Crippen LogP contribution in [0.15, 0.2) is 23.8 Å². The van der Waals surface area contributed by atoms with Gasteiger partial charge in [-0.05, 0) is 38.6 Å². The van der Waals surface area contributed by atoms with Crippen molar-refractivity contribution in [3.05, 3.63) is 23.8 Å². The van der Waals surface area contributed by atoms with Gasteiger partial charge in [-0.1, -0.05) is 43.6 Å². The molecule has 0 radical (unpaired) electrons. The van der Waals surface area contributed by atoms with Gasteiger partial charge in [0.15, 0.2) is 0 Å². The van der Waals surface area contributed by atoms with Gasteiger partial charge >= 0.3 is 6.09 Å². The molecule has 0 bridgehead atoms. The summed E-state index contributed by atoms with van der Waals surface area (Å²) in [5, 5.41) is 2.86. The number of ether oxygens (including phenoxy) is 1. The lowest BCUT2D eigenvalue weighted by molar-refractivity contribution is 0.0732. The molecular formula is C18H30N2O2. The molecule has 0 saturated heterocycles. The van der Waals surface area contributed by atoms with Crippen LogP contribution in [0.5, 0.6) is 0 Å². The summed E-state index contributed by atoms with van der Waals surface area (Å²) in [5.41, 5.74) is 7.08. The molecule has 2 aliphatic rings. The molecule has 2 aliphatic carbocycles. The van der Waals surface area contributed by atoms with Crippen LogP contribution in [-0.2, 0) is 4.74 Å². The number of alkyl carbamates (subject to hydrolysis) is 1. The fraction of sp³-hybridized carbons (Fsp3) is 0.722. The van der Waals surface area contributed by atoms with E-state index in [1.54, 1.807) is 0 Å². The van der Waals surface area contributed by atoms with Crippen LogP contribution >= 0.6 is 0 Å². The van der Waals surface area contributed by atoms with E-state index >= 15 is 0 Å². The van der Waals surface area contributed by atoms with Gasteiger partial charge in [-0.15, -0.1) is 0 Å². The van der Waals surface area contributed by atoms with E-state index in [1.807, 2.05) is 0 Å². The number of hydrogen-bond donors (Lipinski definition) is 2. The van der Waals surface area contributed by atoms with Gasteiger partial charge in [0.2, 0.25) is 0 Å². The number of hydrogen-bond acceptors (Lipinski definition) is 3. The van der Waals surface area contributed by atoms with Crippen LogP contribution in [0.4, 0.5) is 4.79 Å². The maximum atomic E-state index is 11.9. The second-order valence-corrected chi connectivity index (χ2v) is 6.68. The van der Waals surface area contributed by atoms with Crippen molar-refractivity contribution >= 4 is 6.09 Å². The number of fused-ring (bicyclic) bond motifs is 1. The number of carbonyl (C=O) groups excluding carboxylic acids is 1. The summed E-state index contributed by atoms with van der Waals surface area (Å²) in [5.74, 6) is 0. The predicted octanol–water partition coefficient (Wildman–Crippen LogP) is 3.68. The normalized spacial score (nSPS) is 27.0. The minimum atomic E-state index is -0.264. The Morgan fingerprint density at radius 1 is 1.41 bits per heavy atom. The Labute approximate surface area is 134 Å². The monoisotopic (exact) mass is 306 g/mol. The number of rotatable bonds is 7. The van der Waals surface area contributed by atoms with Crippen LogP contribution in [0.3, 0.4) is 0 Å². The fourth-order valence-electron chi connectivity index (χ4n) is 3.35. The first-order valence-electron chi connectivity index (χ1n) is 8.66. The Morgan fingerprint density at radius 2 is 2.23 bits per heavy atom. The molecule has 0 aromatic carbocycles. The average molecular weight is 306 g/mol. The van der Waals surface area contributed by atoms with Gasteiger partial charge in [-0.2, -0.15) is 0 Å². The third kappa shape index (κ3) is 4.87. The Morgan fingerprint density at radius 3 is 3.05 bits per heavy atom. The average Bonchev–Trinajstić information content (AvgIpc) is 2.51. The van der Waals surface area contributed by atoms with Crippen molar-refractivity contribution in [1.29, 1.82) is 0 Å². The molecule has 1 fully saturated rings. The topological polar surface area (TPSA) is 64.3 Å². The van der Waals surface area contributed by atoms with E-state index in [4.69, 9.17) is 10.5 Å². The van der Waals surface area contributed by atoms with Crippen molar-refractivity contribution in [3.63, 3.8) is 0 Å². The van der Waals surface area contributed by atoms with Crippen molar-refractivity contribution in [2.75, 3.05) is 13.1 Å². The first-order chi connectivity index (χ1) is 10.6. The lowest BCUT2D eigenvalue weighted by Gasteiger charge is -2.39. The van der Waals surface area contributed by atoms with Crippen molar-refractivity contribution in [2.45, 2.75) is 64.4 Å². The first kappa shape index (κ1) is 17.1. The molecule has 22 heavy (non-hydrogen) atoms. The molecule has 0 aromatic heterocycles. The van der Waals surface area contributed by atoms with Crippen molar-refractivity contribution in [3.8, 4) is 0 Å². The van der Waals surface area contributed by atoms with E-state index in [9.17, 15) is 4.79 Å². The van der Waals surface area contributed by atoms with Gasteiger partial charge in [0, 0.05) is 18.4 Å². The second kappa shape index (κ2) is 8.37. The number of allylic oxidation sites excluding steroid dienone is 3. The van der Waals surface area contributed by atoms with Gasteiger partial charge in [0.25, 0.3) is 0 Å². The predicted molar refractivity (Wildman–Crippen MR) is 89.6 cm³/mol. The number of nitrogens with one attached hydrogen (secondary N) is 1. The molecule has 4 heteroatoms. The van der Waals surface area contributed by atoms with Crippen LogP contribution in [0.25, 0.3) is 0 Å². The van der Waals surface area contributed by atoms with Crippen molar-refractivity contribution < 1.29 is 9.53 Å². The van der Waals surface area contributed by atoms with Crippen LogP contribution in [-0.4, -0.2) is 25.3 Å². The molecule has 3 N–H and O–H groups in total. The Bertz CT molecular complexity index is 431. The molecule has 4 nitrogen and oxygen atoms in total. The summed E-state index contributed by atoms with van der Waals surface area (Å²) in [6.07, 6.45) is 14.8. The molecule has 124 valence electrons. The highest BCUT2D eigenvalue weighted by molar-refractivity contribution is 5.67. The van der Waals surface area contributed by atoms with E-state index in [2.05, 4.69) is 30.5 Å². The first-order valence-corrected chi connectivity index (χ1v) is 8.66. The molecule has 0 spiro atoms. The molecule has 2 atom stereocenters. The van der Waals surface area contributed by atoms with E-state index in [-0.39, 0.29) is 17.6 Å². The third-order valence-electron chi connectivity index (χ3n) is 4.83. The number of nitrogens with two attached hydrogens (primary N) is 1. The third-order valence-corrected chi connectivity index (χ3v) is 4.83. The summed E-state index contributed by atoms with van der Waals surface area (Å²) < 4.78 is 5.58. The SMILES string of the molecule is CC12C=CCC=C1CC(OC(=O)NCCCCCCN)CC2. The van der Waals surface area contributed by atoms with Gasteiger partial charge in [0.05, 0.1) is 0 Å². The highest BCUT2D eigenvalue weighted by Crippen LogP contribution is 2.44. The number of amides is 1. The molecule has 0 aliphatic heterocycles. The molecule has 2 unspecified atom stereocenters. The van der Waals surface area contributed by atoms with Gasteiger partial charge in [0.1, 0.15) is 6.10 Å². The van der Waals surface area contributed by atoms with Crippen molar-refractivity contribution in [1.82, 2.24) is 5.32 Å². The van der Waals surface area contributed by atoms with Crippen molar-refractivity contribution in [2.24, 2.45) is 11.1 Å². The summed E-state index contributed by atoms with van der Waals surface area (Å²) in [6.45, 7) is 3.73. The summed E-state index contributed by atoms with van der Waals surface area (Å²) in [6, 6.07) is 0. The largest absolute Gasteiger partial charge is 0.446 e. The zero-order valence-corrected chi connectivity index (χ0v) is 13.8.